The highest BCUT2D eigenvalue weighted by molar-refractivity contribution is 6.53. The number of fused-ring (bicyclic) bond motifs is 6. The summed E-state index contributed by atoms with van der Waals surface area (Å²) in [4.78, 5) is 28.5. The zero-order valence-corrected chi connectivity index (χ0v) is 19.3. The molecule has 1 aromatic heterocycles. The van der Waals surface area contributed by atoms with Gasteiger partial charge in [-0.05, 0) is 27.7 Å². The van der Waals surface area contributed by atoms with Crippen LogP contribution in [-0.4, -0.2) is 85.4 Å². The zero-order valence-electron chi connectivity index (χ0n) is 18.3. The Balaban J connectivity index is 1.59. The van der Waals surface area contributed by atoms with E-state index in [1.165, 1.54) is 10.8 Å². The summed E-state index contributed by atoms with van der Waals surface area (Å²) in [6.45, 7) is 9.41. The number of ether oxygens (including phenoxy) is 1. The van der Waals surface area contributed by atoms with E-state index in [0.717, 1.165) is 19.6 Å². The van der Waals surface area contributed by atoms with Gasteiger partial charge in [0.25, 0.3) is 5.56 Å². The lowest BCUT2D eigenvalue weighted by atomic mass is 10.2. The van der Waals surface area contributed by atoms with Crippen LogP contribution in [0.1, 0.15) is 39.0 Å². The second-order valence-electron chi connectivity index (χ2n) is 8.69. The van der Waals surface area contributed by atoms with Gasteiger partial charge < -0.3 is 27.5 Å². The fourth-order valence-corrected chi connectivity index (χ4v) is 7.13. The summed E-state index contributed by atoms with van der Waals surface area (Å²) in [7, 11) is -3.57. The SMILES string of the molecule is Cc1cn(C2CC(O[Si]34OC(C)CN(CC(C)O3)CC(C)O4)C(CO)O2)c(=O)[nH]c1=O. The third-order valence-corrected chi connectivity index (χ3v) is 8.36. The number of H-pyrrole nitrogens is 1. The minimum absolute atomic E-state index is 0.151. The summed E-state index contributed by atoms with van der Waals surface area (Å²) in [6.07, 6.45) is -0.748. The molecule has 0 aromatic carbocycles. The van der Waals surface area contributed by atoms with Crippen molar-refractivity contribution in [2.24, 2.45) is 0 Å². The van der Waals surface area contributed by atoms with Crippen LogP contribution < -0.4 is 11.2 Å². The van der Waals surface area contributed by atoms with E-state index in [4.69, 9.17) is 22.4 Å². The fraction of sp³-hybridized carbons (Fsp3) is 0.789. The van der Waals surface area contributed by atoms with Gasteiger partial charge in [-0.2, -0.15) is 0 Å². The summed E-state index contributed by atoms with van der Waals surface area (Å²) in [5.41, 5.74) is -0.635. The van der Waals surface area contributed by atoms with Crippen molar-refractivity contribution in [1.82, 2.24) is 14.5 Å². The molecule has 5 heterocycles. The van der Waals surface area contributed by atoms with E-state index >= 15 is 0 Å². The highest BCUT2D eigenvalue weighted by atomic mass is 28.4. The van der Waals surface area contributed by atoms with Crippen molar-refractivity contribution >= 4 is 9.05 Å². The van der Waals surface area contributed by atoms with E-state index in [-0.39, 0.29) is 31.3 Å². The molecule has 174 valence electrons. The molecule has 1 aromatic rings. The first-order valence-corrected chi connectivity index (χ1v) is 12.3. The van der Waals surface area contributed by atoms with Gasteiger partial charge >= 0.3 is 14.7 Å². The van der Waals surface area contributed by atoms with Crippen LogP contribution in [0.25, 0.3) is 0 Å². The number of aromatic nitrogens is 2. The molecule has 4 fully saturated rings. The molecule has 0 saturated carbocycles. The first-order valence-electron chi connectivity index (χ1n) is 10.7. The molecule has 2 bridgehead atoms. The summed E-state index contributed by atoms with van der Waals surface area (Å²) in [6, 6.07) is 0. The molecule has 6 unspecified atom stereocenters. The highest BCUT2D eigenvalue weighted by Crippen LogP contribution is 2.34. The minimum Gasteiger partial charge on any atom is -0.394 e. The van der Waals surface area contributed by atoms with Crippen molar-refractivity contribution in [2.45, 2.75) is 70.9 Å². The van der Waals surface area contributed by atoms with Crippen molar-refractivity contribution < 1.29 is 27.5 Å². The smallest absolute Gasteiger partial charge is 0.394 e. The minimum atomic E-state index is -3.57. The molecule has 0 radical (unpaired) electrons. The lowest BCUT2D eigenvalue weighted by molar-refractivity contribution is -0.148. The summed E-state index contributed by atoms with van der Waals surface area (Å²) in [5.74, 6) is 0. The maximum absolute atomic E-state index is 12.3. The third kappa shape index (κ3) is 4.86. The van der Waals surface area contributed by atoms with Gasteiger partial charge in [0.2, 0.25) is 0 Å². The van der Waals surface area contributed by atoms with Crippen LogP contribution in [0.5, 0.6) is 0 Å². The van der Waals surface area contributed by atoms with Gasteiger partial charge in [-0.1, -0.05) is 0 Å². The van der Waals surface area contributed by atoms with Crippen LogP contribution in [-0.2, 0) is 22.4 Å². The van der Waals surface area contributed by atoms with Gasteiger partial charge in [-0.15, -0.1) is 0 Å². The van der Waals surface area contributed by atoms with Crippen LogP contribution in [0.3, 0.4) is 0 Å². The Morgan fingerprint density at radius 2 is 1.71 bits per heavy atom. The van der Waals surface area contributed by atoms with Gasteiger partial charge in [-0.3, -0.25) is 19.2 Å². The Bertz CT molecular complexity index is 871. The third-order valence-electron chi connectivity index (χ3n) is 5.69. The molecule has 11 nitrogen and oxygen atoms in total. The lowest BCUT2D eigenvalue weighted by Gasteiger charge is -2.44. The highest BCUT2D eigenvalue weighted by Gasteiger charge is 2.56. The number of aromatic amines is 1. The van der Waals surface area contributed by atoms with Crippen LogP contribution in [0, 0.1) is 6.92 Å². The van der Waals surface area contributed by atoms with Crippen molar-refractivity contribution in [3.05, 3.63) is 32.6 Å². The molecule has 5 rings (SSSR count). The molecule has 31 heavy (non-hydrogen) atoms. The number of rotatable bonds is 4. The van der Waals surface area contributed by atoms with Crippen molar-refractivity contribution in [3.8, 4) is 0 Å². The molecule has 12 heteroatoms. The molecular weight excluding hydrogens is 426 g/mol. The first kappa shape index (κ1) is 22.8. The van der Waals surface area contributed by atoms with Crippen molar-refractivity contribution in [1.29, 1.82) is 0 Å². The van der Waals surface area contributed by atoms with E-state index in [1.807, 2.05) is 20.8 Å². The molecule has 0 aliphatic carbocycles. The van der Waals surface area contributed by atoms with Crippen LogP contribution in [0.15, 0.2) is 15.8 Å². The van der Waals surface area contributed by atoms with E-state index in [2.05, 4.69) is 9.88 Å². The van der Waals surface area contributed by atoms with Gasteiger partial charge in [0.1, 0.15) is 12.3 Å². The molecule has 4 saturated heterocycles. The van der Waals surface area contributed by atoms with Gasteiger partial charge in [0.15, 0.2) is 0 Å². The predicted molar refractivity (Wildman–Crippen MR) is 110 cm³/mol. The number of aliphatic hydroxyl groups is 1. The summed E-state index contributed by atoms with van der Waals surface area (Å²) in [5, 5.41) is 9.91. The Labute approximate surface area is 181 Å². The zero-order chi connectivity index (χ0) is 22.3. The second kappa shape index (κ2) is 8.87. The standard InChI is InChI=1S/C19H31N3O8Si/c1-11-6-22(19(25)20-18(11)24)17-5-15(16(10-23)26-17)30-31-27-12(2)7-21(8-13(3)28-31)9-14(4)29-31/h6,12-17,23H,5,7-10H2,1-4H3,(H,20,24,25). The number of nitrogens with zero attached hydrogens (tertiary/aromatic N) is 2. The largest absolute Gasteiger partial charge is 0.680 e. The maximum atomic E-state index is 12.3. The molecule has 0 amide bonds. The van der Waals surface area contributed by atoms with Crippen molar-refractivity contribution in [2.75, 3.05) is 26.2 Å². The molecule has 4 aliphatic heterocycles. The second-order valence-corrected chi connectivity index (χ2v) is 10.6. The van der Waals surface area contributed by atoms with Crippen molar-refractivity contribution in [3.63, 3.8) is 0 Å². The van der Waals surface area contributed by atoms with E-state index in [9.17, 15) is 14.7 Å². The first-order chi connectivity index (χ1) is 14.7. The quantitative estimate of drug-likeness (QED) is 0.575. The van der Waals surface area contributed by atoms with E-state index in [0.29, 0.717) is 5.56 Å². The summed E-state index contributed by atoms with van der Waals surface area (Å²) < 4.78 is 32.3. The molecule has 6 atom stereocenters. The topological polar surface area (TPSA) is 124 Å². The van der Waals surface area contributed by atoms with Crippen LogP contribution in [0.4, 0.5) is 0 Å². The Morgan fingerprint density at radius 1 is 1.13 bits per heavy atom. The Hall–Kier alpha value is -1.38. The number of aryl methyl sites for hydroxylation is 1. The number of hydrogen-bond donors (Lipinski definition) is 2. The number of aliphatic hydroxyl groups excluding tert-OH is 1. The maximum Gasteiger partial charge on any atom is 0.680 e. The molecule has 2 N–H and O–H groups in total. The number of nitrogens with one attached hydrogen (secondary N) is 1. The normalized spacial score (nSPS) is 41.0. The van der Waals surface area contributed by atoms with E-state index in [1.54, 1.807) is 6.92 Å². The monoisotopic (exact) mass is 457 g/mol. The van der Waals surface area contributed by atoms with Gasteiger partial charge in [-0.25, -0.2) is 4.79 Å². The van der Waals surface area contributed by atoms with Gasteiger partial charge in [0, 0.05) is 37.8 Å². The van der Waals surface area contributed by atoms with Crippen LogP contribution in [0.2, 0.25) is 0 Å². The molecule has 4 aliphatic rings. The summed E-state index contributed by atoms with van der Waals surface area (Å²) >= 11 is 0. The van der Waals surface area contributed by atoms with Gasteiger partial charge in [0.05, 0.1) is 31.0 Å². The Kier molecular flexibility index (Phi) is 6.52. The predicted octanol–water partition coefficient (Wildman–Crippen LogP) is -0.510. The lowest BCUT2D eigenvalue weighted by Crippen LogP contribution is -2.64. The average molecular weight is 458 g/mol. The Morgan fingerprint density at radius 3 is 2.26 bits per heavy atom. The number of hydrogen-bond acceptors (Lipinski definition) is 9. The fourth-order valence-electron chi connectivity index (χ4n) is 4.48. The van der Waals surface area contributed by atoms with E-state index < -0.39 is 38.7 Å². The molecular formula is C19H31N3O8Si. The molecule has 0 spiro atoms. The van der Waals surface area contributed by atoms with Crippen LogP contribution >= 0.6 is 0 Å². The average Bonchev–Trinajstić information content (AvgIpc) is 3.04.